The second-order valence-corrected chi connectivity index (χ2v) is 2.88. The Kier molecular flexibility index (Phi) is 4.01. The number of aromatic nitrogens is 1. The number of pyridine rings is 1. The minimum Gasteiger partial charge on any atom is -0.330 e. The topological polar surface area (TPSA) is 38.9 Å². The molecule has 13 heavy (non-hydrogen) atoms. The molecule has 68 valence electrons. The number of hydrogen-bond acceptors (Lipinski definition) is 2. The number of unbranched alkanes of at least 4 members (excludes halogenated alkanes) is 1. The molecule has 0 atom stereocenters. The van der Waals surface area contributed by atoms with Crippen LogP contribution in [0.15, 0.2) is 18.5 Å². The van der Waals surface area contributed by atoms with Crippen LogP contribution in [0.4, 0.5) is 0 Å². The van der Waals surface area contributed by atoms with Gasteiger partial charge in [0, 0.05) is 24.4 Å². The minimum absolute atomic E-state index is 0.709. The average Bonchev–Trinajstić information content (AvgIpc) is 2.15. The van der Waals surface area contributed by atoms with Gasteiger partial charge in [0.25, 0.3) is 0 Å². The van der Waals surface area contributed by atoms with Crippen molar-refractivity contribution >= 4 is 0 Å². The highest BCUT2D eigenvalue weighted by molar-refractivity contribution is 5.37. The van der Waals surface area contributed by atoms with E-state index in [9.17, 15) is 0 Å². The zero-order valence-corrected chi connectivity index (χ0v) is 7.88. The summed E-state index contributed by atoms with van der Waals surface area (Å²) >= 11 is 0. The van der Waals surface area contributed by atoms with Gasteiger partial charge in [-0.1, -0.05) is 11.8 Å². The smallest absolute Gasteiger partial charge is 0.0457 e. The van der Waals surface area contributed by atoms with Gasteiger partial charge in [-0.15, -0.1) is 0 Å². The third kappa shape index (κ3) is 3.27. The number of hydrogen-bond donors (Lipinski definition) is 1. The van der Waals surface area contributed by atoms with Crippen LogP contribution in [0.2, 0.25) is 0 Å². The fourth-order valence-electron chi connectivity index (χ4n) is 0.943. The van der Waals surface area contributed by atoms with Gasteiger partial charge in [-0.05, 0) is 31.5 Å². The Morgan fingerprint density at radius 1 is 1.54 bits per heavy atom. The molecule has 1 aromatic rings. The van der Waals surface area contributed by atoms with Crippen LogP contribution in [0.1, 0.15) is 24.0 Å². The average molecular weight is 174 g/mol. The third-order valence-corrected chi connectivity index (χ3v) is 1.77. The van der Waals surface area contributed by atoms with Crippen LogP contribution >= 0.6 is 0 Å². The second-order valence-electron chi connectivity index (χ2n) is 2.88. The van der Waals surface area contributed by atoms with Gasteiger partial charge in [0.15, 0.2) is 0 Å². The van der Waals surface area contributed by atoms with Crippen LogP contribution in [0, 0.1) is 18.8 Å². The van der Waals surface area contributed by atoms with Crippen LogP contribution in [-0.2, 0) is 0 Å². The maximum Gasteiger partial charge on any atom is 0.0457 e. The highest BCUT2D eigenvalue weighted by Crippen LogP contribution is 2.02. The lowest BCUT2D eigenvalue weighted by atomic mass is 10.1. The van der Waals surface area contributed by atoms with E-state index < -0.39 is 0 Å². The molecule has 2 N–H and O–H groups in total. The van der Waals surface area contributed by atoms with E-state index in [2.05, 4.69) is 16.8 Å². The Bertz CT molecular complexity index is 320. The summed E-state index contributed by atoms with van der Waals surface area (Å²) in [6.07, 6.45) is 5.41. The summed E-state index contributed by atoms with van der Waals surface area (Å²) in [5, 5.41) is 0. The predicted molar refractivity (Wildman–Crippen MR) is 54.1 cm³/mol. The second kappa shape index (κ2) is 5.34. The SMILES string of the molecule is Cc1ccncc1C#CCCCN. The van der Waals surface area contributed by atoms with Crippen LogP contribution in [0.3, 0.4) is 0 Å². The van der Waals surface area contributed by atoms with Crippen molar-refractivity contribution in [1.82, 2.24) is 4.98 Å². The van der Waals surface area contributed by atoms with Gasteiger partial charge < -0.3 is 5.73 Å². The summed E-state index contributed by atoms with van der Waals surface area (Å²) in [6.45, 7) is 2.75. The quantitative estimate of drug-likeness (QED) is 0.545. The first-order valence-corrected chi connectivity index (χ1v) is 4.44. The fourth-order valence-corrected chi connectivity index (χ4v) is 0.943. The molecule has 0 saturated heterocycles. The molecule has 0 aromatic carbocycles. The Morgan fingerprint density at radius 2 is 2.38 bits per heavy atom. The van der Waals surface area contributed by atoms with E-state index in [1.165, 1.54) is 5.56 Å². The molecule has 2 nitrogen and oxygen atoms in total. The molecule has 0 unspecified atom stereocenters. The molecular weight excluding hydrogens is 160 g/mol. The van der Waals surface area contributed by atoms with Crippen molar-refractivity contribution in [2.45, 2.75) is 19.8 Å². The van der Waals surface area contributed by atoms with Gasteiger partial charge in [-0.25, -0.2) is 0 Å². The van der Waals surface area contributed by atoms with Gasteiger partial charge in [0.05, 0.1) is 0 Å². The van der Waals surface area contributed by atoms with Crippen LogP contribution < -0.4 is 5.73 Å². The van der Waals surface area contributed by atoms with Crippen LogP contribution in [-0.4, -0.2) is 11.5 Å². The predicted octanol–water partition coefficient (Wildman–Crippen LogP) is 1.48. The molecule has 1 rings (SSSR count). The lowest BCUT2D eigenvalue weighted by molar-refractivity contribution is 0.870. The summed E-state index contributed by atoms with van der Waals surface area (Å²) in [5.41, 5.74) is 7.55. The van der Waals surface area contributed by atoms with E-state index in [-0.39, 0.29) is 0 Å². The molecule has 0 bridgehead atoms. The number of nitrogens with zero attached hydrogens (tertiary/aromatic N) is 1. The fraction of sp³-hybridized carbons (Fsp3) is 0.364. The minimum atomic E-state index is 0.709. The zero-order valence-electron chi connectivity index (χ0n) is 7.88. The molecule has 1 aromatic heterocycles. The molecule has 0 aliphatic rings. The van der Waals surface area contributed by atoms with E-state index in [1.807, 2.05) is 13.0 Å². The summed E-state index contributed by atoms with van der Waals surface area (Å²) < 4.78 is 0. The summed E-state index contributed by atoms with van der Waals surface area (Å²) in [5.74, 6) is 6.15. The van der Waals surface area contributed by atoms with E-state index in [1.54, 1.807) is 12.4 Å². The molecular formula is C11H14N2. The normalized spacial score (nSPS) is 9.08. The van der Waals surface area contributed by atoms with E-state index in [0.29, 0.717) is 6.54 Å². The highest BCUT2D eigenvalue weighted by Gasteiger charge is 1.90. The molecule has 0 aliphatic heterocycles. The molecule has 0 spiro atoms. The van der Waals surface area contributed by atoms with Gasteiger partial charge in [0.1, 0.15) is 0 Å². The van der Waals surface area contributed by atoms with Crippen molar-refractivity contribution in [3.05, 3.63) is 29.6 Å². The lowest BCUT2D eigenvalue weighted by Gasteiger charge is -1.93. The summed E-state index contributed by atoms with van der Waals surface area (Å²) in [6, 6.07) is 1.97. The van der Waals surface area contributed by atoms with Crippen molar-refractivity contribution < 1.29 is 0 Å². The molecule has 2 heteroatoms. The maximum atomic E-state index is 5.36. The van der Waals surface area contributed by atoms with Crippen molar-refractivity contribution in [3.63, 3.8) is 0 Å². The molecule has 0 amide bonds. The molecule has 0 radical (unpaired) electrons. The zero-order chi connectivity index (χ0) is 9.52. The van der Waals surface area contributed by atoms with Crippen molar-refractivity contribution in [2.75, 3.05) is 6.54 Å². The monoisotopic (exact) mass is 174 g/mol. The van der Waals surface area contributed by atoms with E-state index >= 15 is 0 Å². The Morgan fingerprint density at radius 3 is 3.08 bits per heavy atom. The summed E-state index contributed by atoms with van der Waals surface area (Å²) in [4.78, 5) is 4.02. The van der Waals surface area contributed by atoms with Crippen molar-refractivity contribution in [3.8, 4) is 11.8 Å². The van der Waals surface area contributed by atoms with Crippen molar-refractivity contribution in [1.29, 1.82) is 0 Å². The van der Waals surface area contributed by atoms with Gasteiger partial charge in [-0.3, -0.25) is 4.98 Å². The molecule has 0 aliphatic carbocycles. The highest BCUT2D eigenvalue weighted by atomic mass is 14.6. The Labute approximate surface area is 79.2 Å². The van der Waals surface area contributed by atoms with Gasteiger partial charge >= 0.3 is 0 Å². The summed E-state index contributed by atoms with van der Waals surface area (Å²) in [7, 11) is 0. The van der Waals surface area contributed by atoms with E-state index in [0.717, 1.165) is 18.4 Å². The van der Waals surface area contributed by atoms with E-state index in [4.69, 9.17) is 5.73 Å². The number of nitrogens with two attached hydrogens (primary N) is 1. The maximum absolute atomic E-state index is 5.36. The number of rotatable bonds is 2. The first-order valence-electron chi connectivity index (χ1n) is 4.44. The molecule has 0 fully saturated rings. The largest absolute Gasteiger partial charge is 0.330 e. The molecule has 1 heterocycles. The van der Waals surface area contributed by atoms with Gasteiger partial charge in [-0.2, -0.15) is 0 Å². The lowest BCUT2D eigenvalue weighted by Crippen LogP contribution is -1.96. The Hall–Kier alpha value is -1.33. The molecule has 0 saturated carbocycles. The van der Waals surface area contributed by atoms with Gasteiger partial charge in [0.2, 0.25) is 0 Å². The standard InChI is InChI=1S/C11H14N2/c1-10-6-8-13-9-11(10)5-3-2-4-7-12/h6,8-9H,2,4,7,12H2,1H3. The van der Waals surface area contributed by atoms with Crippen LogP contribution in [0.5, 0.6) is 0 Å². The first-order chi connectivity index (χ1) is 6.34. The third-order valence-electron chi connectivity index (χ3n) is 1.77. The van der Waals surface area contributed by atoms with Crippen molar-refractivity contribution in [2.24, 2.45) is 5.73 Å². The number of aryl methyl sites for hydroxylation is 1. The Balaban J connectivity index is 2.61. The van der Waals surface area contributed by atoms with Crippen LogP contribution in [0.25, 0.3) is 0 Å². The first kappa shape index (κ1) is 9.76.